The molecular formula is C23H16O3S. The van der Waals surface area contributed by atoms with E-state index in [1.165, 1.54) is 11.8 Å². The molecule has 0 fully saturated rings. The molecular weight excluding hydrogens is 356 g/mol. The predicted octanol–water partition coefficient (Wildman–Crippen LogP) is 5.92. The van der Waals surface area contributed by atoms with Crippen LogP contribution in [0, 0.1) is 0 Å². The molecule has 0 saturated carbocycles. The third kappa shape index (κ3) is 3.66. The van der Waals surface area contributed by atoms with Crippen LogP contribution in [-0.4, -0.2) is 11.1 Å². The van der Waals surface area contributed by atoms with Gasteiger partial charge >= 0.3 is 5.97 Å². The van der Waals surface area contributed by atoms with E-state index in [9.17, 15) is 9.90 Å². The smallest absolute Gasteiger partial charge is 0.343 e. The molecule has 0 aliphatic rings. The van der Waals surface area contributed by atoms with Gasteiger partial charge in [0.2, 0.25) is 0 Å². The molecule has 0 heterocycles. The Hall–Kier alpha value is -3.24. The first-order valence-corrected chi connectivity index (χ1v) is 9.29. The first-order valence-electron chi connectivity index (χ1n) is 8.47. The van der Waals surface area contributed by atoms with Crippen LogP contribution in [0.15, 0.2) is 101 Å². The maximum atomic E-state index is 12.5. The number of rotatable bonds is 4. The van der Waals surface area contributed by atoms with Gasteiger partial charge in [0.25, 0.3) is 0 Å². The molecule has 4 rings (SSSR count). The van der Waals surface area contributed by atoms with E-state index in [2.05, 4.69) is 0 Å². The summed E-state index contributed by atoms with van der Waals surface area (Å²) in [5, 5.41) is 12.1. The molecule has 0 atom stereocenters. The molecule has 3 nitrogen and oxygen atoms in total. The molecule has 0 aliphatic carbocycles. The lowest BCUT2D eigenvalue weighted by molar-refractivity contribution is 0.0736. The van der Waals surface area contributed by atoms with Crippen molar-refractivity contribution in [3.8, 4) is 11.5 Å². The molecule has 1 N–H and O–H groups in total. The van der Waals surface area contributed by atoms with Crippen molar-refractivity contribution in [2.24, 2.45) is 0 Å². The maximum absolute atomic E-state index is 12.5. The molecule has 4 heteroatoms. The van der Waals surface area contributed by atoms with Crippen LogP contribution in [0.3, 0.4) is 0 Å². The van der Waals surface area contributed by atoms with Gasteiger partial charge in [-0.15, -0.1) is 0 Å². The zero-order chi connectivity index (χ0) is 18.6. The third-order valence-corrected chi connectivity index (χ3v) is 5.17. The van der Waals surface area contributed by atoms with Gasteiger partial charge in [0.05, 0.1) is 10.5 Å². The Morgan fingerprint density at radius 2 is 1.37 bits per heavy atom. The van der Waals surface area contributed by atoms with Crippen LogP contribution in [0.1, 0.15) is 10.4 Å². The van der Waals surface area contributed by atoms with E-state index in [1.54, 1.807) is 30.3 Å². The van der Waals surface area contributed by atoms with Gasteiger partial charge in [0.1, 0.15) is 11.5 Å². The summed E-state index contributed by atoms with van der Waals surface area (Å²) in [6.07, 6.45) is 0. The number of esters is 1. The number of hydrogen-bond donors (Lipinski definition) is 1. The topological polar surface area (TPSA) is 46.5 Å². The number of hydrogen-bond acceptors (Lipinski definition) is 4. The van der Waals surface area contributed by atoms with Crippen molar-refractivity contribution in [1.82, 2.24) is 0 Å². The van der Waals surface area contributed by atoms with E-state index in [0.717, 1.165) is 4.90 Å². The van der Waals surface area contributed by atoms with Crippen LogP contribution < -0.4 is 4.74 Å². The van der Waals surface area contributed by atoms with E-state index in [4.69, 9.17) is 4.74 Å². The van der Waals surface area contributed by atoms with Crippen molar-refractivity contribution < 1.29 is 14.6 Å². The highest BCUT2D eigenvalue weighted by molar-refractivity contribution is 7.99. The van der Waals surface area contributed by atoms with Gasteiger partial charge < -0.3 is 9.84 Å². The molecule has 0 aromatic heterocycles. The molecule has 27 heavy (non-hydrogen) atoms. The number of carbonyl (C=O) groups is 1. The van der Waals surface area contributed by atoms with Gasteiger partial charge in [0, 0.05) is 15.7 Å². The molecule has 0 spiro atoms. The molecule has 4 aromatic carbocycles. The molecule has 0 aliphatic heterocycles. The summed E-state index contributed by atoms with van der Waals surface area (Å²) in [5.41, 5.74) is 0.479. The Morgan fingerprint density at radius 3 is 2.07 bits per heavy atom. The predicted molar refractivity (Wildman–Crippen MR) is 108 cm³/mol. The lowest BCUT2D eigenvalue weighted by Crippen LogP contribution is -2.08. The van der Waals surface area contributed by atoms with E-state index >= 15 is 0 Å². The average Bonchev–Trinajstić information content (AvgIpc) is 2.73. The van der Waals surface area contributed by atoms with Crippen molar-refractivity contribution in [1.29, 1.82) is 0 Å². The van der Waals surface area contributed by atoms with Crippen LogP contribution in [-0.2, 0) is 0 Å². The number of ether oxygens (including phenoxy) is 1. The van der Waals surface area contributed by atoms with Crippen molar-refractivity contribution in [2.45, 2.75) is 9.79 Å². The van der Waals surface area contributed by atoms with Crippen molar-refractivity contribution in [2.75, 3.05) is 0 Å². The fraction of sp³-hybridized carbons (Fsp3) is 0. The molecule has 0 amide bonds. The first kappa shape index (κ1) is 17.2. The first-order chi connectivity index (χ1) is 13.2. The zero-order valence-electron chi connectivity index (χ0n) is 14.3. The standard InChI is InChI=1S/C23H16O3S/c24-22-19-14-8-7-13-18(19)20(26-23(25)16-9-3-1-4-10-16)15-21(22)27-17-11-5-2-6-12-17/h1-15,24H. The zero-order valence-corrected chi connectivity index (χ0v) is 15.1. The van der Waals surface area contributed by atoms with Crippen molar-refractivity contribution >= 4 is 28.5 Å². The van der Waals surface area contributed by atoms with E-state index in [-0.39, 0.29) is 5.75 Å². The molecule has 0 radical (unpaired) electrons. The van der Waals surface area contributed by atoms with E-state index in [0.29, 0.717) is 27.0 Å². The number of phenols is 1. The number of phenolic OH excluding ortho intramolecular Hbond substituents is 1. The van der Waals surface area contributed by atoms with Gasteiger partial charge in [-0.2, -0.15) is 0 Å². The number of benzene rings is 4. The minimum atomic E-state index is -0.429. The largest absolute Gasteiger partial charge is 0.506 e. The lowest BCUT2D eigenvalue weighted by Gasteiger charge is -2.13. The Labute approximate surface area is 161 Å². The summed E-state index contributed by atoms with van der Waals surface area (Å²) in [7, 11) is 0. The minimum Gasteiger partial charge on any atom is -0.506 e. The van der Waals surface area contributed by atoms with Crippen LogP contribution in [0.5, 0.6) is 11.5 Å². The molecule has 0 saturated heterocycles. The minimum absolute atomic E-state index is 0.180. The highest BCUT2D eigenvalue weighted by Gasteiger charge is 2.16. The van der Waals surface area contributed by atoms with Crippen LogP contribution in [0.25, 0.3) is 10.8 Å². The Morgan fingerprint density at radius 1 is 0.778 bits per heavy atom. The Bertz CT molecular complexity index is 1090. The lowest BCUT2D eigenvalue weighted by atomic mass is 10.1. The fourth-order valence-electron chi connectivity index (χ4n) is 2.81. The SMILES string of the molecule is O=C(Oc1cc(Sc2ccccc2)c(O)c2ccccc12)c1ccccc1. The summed E-state index contributed by atoms with van der Waals surface area (Å²) >= 11 is 1.42. The molecule has 0 unspecified atom stereocenters. The summed E-state index contributed by atoms with van der Waals surface area (Å²) in [6.45, 7) is 0. The van der Waals surface area contributed by atoms with Crippen LogP contribution in [0.4, 0.5) is 0 Å². The highest BCUT2D eigenvalue weighted by atomic mass is 32.2. The quantitative estimate of drug-likeness (QED) is 0.357. The summed E-state index contributed by atoms with van der Waals surface area (Å²) < 4.78 is 5.68. The number of carbonyl (C=O) groups excluding carboxylic acids is 1. The van der Waals surface area contributed by atoms with Gasteiger partial charge in [0.15, 0.2) is 0 Å². The van der Waals surface area contributed by atoms with E-state index < -0.39 is 5.97 Å². The second kappa shape index (κ2) is 7.56. The van der Waals surface area contributed by atoms with Gasteiger partial charge in [-0.05, 0) is 30.3 Å². The van der Waals surface area contributed by atoms with Gasteiger partial charge in [-0.1, -0.05) is 72.4 Å². The van der Waals surface area contributed by atoms with Crippen LogP contribution in [0.2, 0.25) is 0 Å². The van der Waals surface area contributed by atoms with E-state index in [1.807, 2.05) is 60.7 Å². The van der Waals surface area contributed by atoms with Crippen molar-refractivity contribution in [3.05, 3.63) is 96.6 Å². The van der Waals surface area contributed by atoms with Gasteiger partial charge in [-0.3, -0.25) is 0 Å². The fourth-order valence-corrected chi connectivity index (χ4v) is 3.73. The van der Waals surface area contributed by atoms with Crippen molar-refractivity contribution in [3.63, 3.8) is 0 Å². The second-order valence-electron chi connectivity index (χ2n) is 5.94. The number of fused-ring (bicyclic) bond motifs is 1. The monoisotopic (exact) mass is 372 g/mol. The normalized spacial score (nSPS) is 10.7. The molecule has 132 valence electrons. The Kier molecular flexibility index (Phi) is 4.81. The van der Waals surface area contributed by atoms with Crippen LogP contribution >= 0.6 is 11.8 Å². The summed E-state index contributed by atoms with van der Waals surface area (Å²) in [4.78, 5) is 14.1. The Balaban J connectivity index is 1.77. The molecule has 4 aromatic rings. The highest BCUT2D eigenvalue weighted by Crippen LogP contribution is 2.43. The second-order valence-corrected chi connectivity index (χ2v) is 7.05. The number of aromatic hydroxyl groups is 1. The van der Waals surface area contributed by atoms with Gasteiger partial charge in [-0.25, -0.2) is 4.79 Å². The maximum Gasteiger partial charge on any atom is 0.343 e. The average molecular weight is 372 g/mol. The third-order valence-electron chi connectivity index (χ3n) is 4.13. The molecule has 0 bridgehead atoms. The summed E-state index contributed by atoms with van der Waals surface area (Å²) in [5.74, 6) is 0.178. The summed E-state index contributed by atoms with van der Waals surface area (Å²) in [6, 6.07) is 27.7.